The minimum atomic E-state index is -0.246. The fourth-order valence-corrected chi connectivity index (χ4v) is 1.73. The number of benzene rings is 1. The van der Waals surface area contributed by atoms with Gasteiger partial charge in [-0.15, -0.1) is 0 Å². The average Bonchev–Trinajstić information content (AvgIpc) is 2.32. The number of nitrogens with zero attached hydrogens (tertiary/aromatic N) is 1. The Kier molecular flexibility index (Phi) is 3.84. The van der Waals surface area contributed by atoms with Crippen molar-refractivity contribution in [3.05, 3.63) is 57.7 Å². The molecule has 0 radical (unpaired) electrons. The molecule has 2 aromatic rings. The molecule has 1 N–H and O–H groups in total. The SMILES string of the molecule is Cc1cc(C(=O)Nc2cccc(Cl)n2)ccc1Cl. The van der Waals surface area contributed by atoms with Crippen molar-refractivity contribution in [3.8, 4) is 0 Å². The number of aromatic nitrogens is 1. The van der Waals surface area contributed by atoms with E-state index in [1.807, 2.05) is 6.92 Å². The maximum atomic E-state index is 12.0. The molecule has 0 spiro atoms. The van der Waals surface area contributed by atoms with E-state index < -0.39 is 0 Å². The monoisotopic (exact) mass is 280 g/mol. The number of hydrogen-bond donors (Lipinski definition) is 1. The molecule has 3 nitrogen and oxygen atoms in total. The summed E-state index contributed by atoms with van der Waals surface area (Å²) >= 11 is 11.6. The van der Waals surface area contributed by atoms with Gasteiger partial charge >= 0.3 is 0 Å². The molecule has 0 saturated heterocycles. The van der Waals surface area contributed by atoms with E-state index in [-0.39, 0.29) is 5.91 Å². The average molecular weight is 281 g/mol. The summed E-state index contributed by atoms with van der Waals surface area (Å²) in [5.74, 6) is 0.171. The Morgan fingerprint density at radius 3 is 2.67 bits per heavy atom. The molecule has 0 saturated carbocycles. The molecular formula is C13H10Cl2N2O. The number of rotatable bonds is 2. The standard InChI is InChI=1S/C13H10Cl2N2O/c1-8-7-9(5-6-10(8)14)13(18)17-12-4-2-3-11(15)16-12/h2-7H,1H3,(H,16,17,18). The van der Waals surface area contributed by atoms with Crippen LogP contribution in [0.1, 0.15) is 15.9 Å². The Hall–Kier alpha value is -1.58. The molecule has 0 atom stereocenters. The van der Waals surface area contributed by atoms with Gasteiger partial charge in [-0.1, -0.05) is 29.3 Å². The topological polar surface area (TPSA) is 42.0 Å². The van der Waals surface area contributed by atoms with E-state index in [1.54, 1.807) is 36.4 Å². The lowest BCUT2D eigenvalue weighted by atomic mass is 10.1. The minimum Gasteiger partial charge on any atom is -0.307 e. The first-order chi connectivity index (χ1) is 8.56. The summed E-state index contributed by atoms with van der Waals surface area (Å²) in [6, 6.07) is 10.1. The van der Waals surface area contributed by atoms with E-state index >= 15 is 0 Å². The largest absolute Gasteiger partial charge is 0.307 e. The molecule has 0 aliphatic heterocycles. The van der Waals surface area contributed by atoms with Gasteiger partial charge in [0.1, 0.15) is 11.0 Å². The van der Waals surface area contributed by atoms with Crippen LogP contribution in [0.5, 0.6) is 0 Å². The Balaban J connectivity index is 2.19. The maximum Gasteiger partial charge on any atom is 0.256 e. The highest BCUT2D eigenvalue weighted by Gasteiger charge is 2.08. The Bertz CT molecular complexity index is 599. The molecule has 5 heteroatoms. The lowest BCUT2D eigenvalue weighted by Crippen LogP contribution is -2.13. The van der Waals surface area contributed by atoms with Crippen LogP contribution in [0, 0.1) is 6.92 Å². The first-order valence-corrected chi connectivity index (χ1v) is 6.02. The van der Waals surface area contributed by atoms with E-state index in [9.17, 15) is 4.79 Å². The normalized spacial score (nSPS) is 10.2. The highest BCUT2D eigenvalue weighted by molar-refractivity contribution is 6.31. The van der Waals surface area contributed by atoms with E-state index in [4.69, 9.17) is 23.2 Å². The van der Waals surface area contributed by atoms with Crippen molar-refractivity contribution in [2.75, 3.05) is 5.32 Å². The number of nitrogens with one attached hydrogen (secondary N) is 1. The van der Waals surface area contributed by atoms with Crippen molar-refractivity contribution in [2.24, 2.45) is 0 Å². The van der Waals surface area contributed by atoms with Crippen molar-refractivity contribution in [1.29, 1.82) is 0 Å². The third-order valence-corrected chi connectivity index (χ3v) is 3.01. The summed E-state index contributed by atoms with van der Waals surface area (Å²) in [5, 5.41) is 3.63. The van der Waals surface area contributed by atoms with Crippen molar-refractivity contribution in [2.45, 2.75) is 6.92 Å². The summed E-state index contributed by atoms with van der Waals surface area (Å²) in [6.07, 6.45) is 0. The first-order valence-electron chi connectivity index (χ1n) is 5.26. The third kappa shape index (κ3) is 3.00. The zero-order chi connectivity index (χ0) is 13.1. The van der Waals surface area contributed by atoms with E-state index in [0.717, 1.165) is 5.56 Å². The van der Waals surface area contributed by atoms with Gasteiger partial charge in [-0.2, -0.15) is 0 Å². The van der Waals surface area contributed by atoms with Gasteiger partial charge in [0.05, 0.1) is 0 Å². The number of amides is 1. The fraction of sp³-hybridized carbons (Fsp3) is 0.0769. The molecule has 1 amide bonds. The first kappa shape index (κ1) is 12.9. The number of anilines is 1. The van der Waals surface area contributed by atoms with Crippen LogP contribution >= 0.6 is 23.2 Å². The van der Waals surface area contributed by atoms with Crippen LogP contribution in [-0.4, -0.2) is 10.9 Å². The van der Waals surface area contributed by atoms with Gasteiger partial charge in [0.25, 0.3) is 5.91 Å². The van der Waals surface area contributed by atoms with E-state index in [0.29, 0.717) is 21.6 Å². The summed E-state index contributed by atoms with van der Waals surface area (Å²) < 4.78 is 0. The molecule has 0 unspecified atom stereocenters. The smallest absolute Gasteiger partial charge is 0.256 e. The van der Waals surface area contributed by atoms with Gasteiger partial charge < -0.3 is 5.32 Å². The van der Waals surface area contributed by atoms with E-state index in [1.165, 1.54) is 0 Å². The molecular weight excluding hydrogens is 271 g/mol. The third-order valence-electron chi connectivity index (χ3n) is 2.38. The molecule has 0 bridgehead atoms. The number of pyridine rings is 1. The Morgan fingerprint density at radius 1 is 1.22 bits per heavy atom. The lowest BCUT2D eigenvalue weighted by Gasteiger charge is -2.06. The zero-order valence-corrected chi connectivity index (χ0v) is 11.1. The molecule has 0 aliphatic carbocycles. The van der Waals surface area contributed by atoms with Gasteiger partial charge in [0.2, 0.25) is 0 Å². The van der Waals surface area contributed by atoms with Gasteiger partial charge in [-0.25, -0.2) is 4.98 Å². The summed E-state index contributed by atoms with van der Waals surface area (Å²) in [7, 11) is 0. The molecule has 1 aromatic carbocycles. The molecule has 18 heavy (non-hydrogen) atoms. The number of halogens is 2. The summed E-state index contributed by atoms with van der Waals surface area (Å²) in [6.45, 7) is 1.84. The van der Waals surface area contributed by atoms with Crippen LogP contribution in [0.25, 0.3) is 0 Å². The highest BCUT2D eigenvalue weighted by Crippen LogP contribution is 2.17. The maximum absolute atomic E-state index is 12.0. The number of aryl methyl sites for hydroxylation is 1. The predicted octanol–water partition coefficient (Wildman–Crippen LogP) is 3.95. The van der Waals surface area contributed by atoms with Crippen LogP contribution in [0.4, 0.5) is 5.82 Å². The summed E-state index contributed by atoms with van der Waals surface area (Å²) in [4.78, 5) is 15.9. The molecule has 1 heterocycles. The minimum absolute atomic E-state index is 0.246. The van der Waals surface area contributed by atoms with Gasteiger partial charge in [0.15, 0.2) is 0 Å². The molecule has 0 aliphatic rings. The Labute approximate surface area is 115 Å². The van der Waals surface area contributed by atoms with Crippen LogP contribution in [0.15, 0.2) is 36.4 Å². The van der Waals surface area contributed by atoms with Crippen molar-refractivity contribution in [3.63, 3.8) is 0 Å². The summed E-state index contributed by atoms with van der Waals surface area (Å²) in [5.41, 5.74) is 1.38. The second kappa shape index (κ2) is 5.38. The van der Waals surface area contributed by atoms with Gasteiger partial charge in [0, 0.05) is 10.6 Å². The Morgan fingerprint density at radius 2 is 2.00 bits per heavy atom. The molecule has 2 rings (SSSR count). The van der Waals surface area contributed by atoms with E-state index in [2.05, 4.69) is 10.3 Å². The quantitative estimate of drug-likeness (QED) is 0.847. The number of carbonyl (C=O) groups is 1. The van der Waals surface area contributed by atoms with Crippen LogP contribution in [0.3, 0.4) is 0 Å². The lowest BCUT2D eigenvalue weighted by molar-refractivity contribution is 0.102. The molecule has 92 valence electrons. The molecule has 0 fully saturated rings. The second-order valence-electron chi connectivity index (χ2n) is 3.76. The van der Waals surface area contributed by atoms with Crippen LogP contribution in [-0.2, 0) is 0 Å². The molecule has 1 aromatic heterocycles. The predicted molar refractivity (Wildman–Crippen MR) is 73.4 cm³/mol. The van der Waals surface area contributed by atoms with Crippen molar-refractivity contribution < 1.29 is 4.79 Å². The fourth-order valence-electron chi connectivity index (χ4n) is 1.45. The van der Waals surface area contributed by atoms with Crippen LogP contribution in [0.2, 0.25) is 10.2 Å². The number of carbonyl (C=O) groups excluding carboxylic acids is 1. The number of hydrogen-bond acceptors (Lipinski definition) is 2. The van der Waals surface area contributed by atoms with Gasteiger partial charge in [-0.3, -0.25) is 4.79 Å². The highest BCUT2D eigenvalue weighted by atomic mass is 35.5. The second-order valence-corrected chi connectivity index (χ2v) is 4.56. The van der Waals surface area contributed by atoms with Crippen molar-refractivity contribution >= 4 is 34.9 Å². The van der Waals surface area contributed by atoms with Crippen molar-refractivity contribution in [1.82, 2.24) is 4.98 Å². The van der Waals surface area contributed by atoms with Gasteiger partial charge in [-0.05, 0) is 42.8 Å². The van der Waals surface area contributed by atoms with Crippen LogP contribution < -0.4 is 5.32 Å². The zero-order valence-electron chi connectivity index (χ0n) is 9.58.